The van der Waals surface area contributed by atoms with Crippen LogP contribution in [0.25, 0.3) is 0 Å². The first-order valence-corrected chi connectivity index (χ1v) is 13.3. The van der Waals surface area contributed by atoms with Crippen molar-refractivity contribution in [2.24, 2.45) is 34.1 Å². The molecule has 5 nitrogen and oxygen atoms in total. The van der Waals surface area contributed by atoms with Crippen LogP contribution in [-0.4, -0.2) is 48.2 Å². The summed E-state index contributed by atoms with van der Waals surface area (Å²) in [4.78, 5) is 0. The van der Waals surface area contributed by atoms with Crippen LogP contribution in [0.1, 0.15) is 117 Å². The lowest BCUT2D eigenvalue weighted by atomic mass is 9.68. The molecule has 3 atom stereocenters. The van der Waals surface area contributed by atoms with Crippen molar-refractivity contribution in [3.63, 3.8) is 0 Å². The standard InChI is InChI=1S/C29H62N2O3/c1-21(19-33-25(6,7)18-23(3)30)26(8,9)29(14,15)32-17-16-24(4,5)28(12,13)34-20-22(2)27(10,11)31/h21-23H,16-20,30-31H2,1-15H3. The van der Waals surface area contributed by atoms with Gasteiger partial charge in [0.1, 0.15) is 0 Å². The zero-order valence-corrected chi connectivity index (χ0v) is 25.6. The first kappa shape index (κ1) is 33.8. The summed E-state index contributed by atoms with van der Waals surface area (Å²) in [6.07, 6.45) is 1.75. The minimum absolute atomic E-state index is 0.0522. The van der Waals surface area contributed by atoms with Crippen molar-refractivity contribution in [2.75, 3.05) is 19.8 Å². The van der Waals surface area contributed by atoms with Crippen molar-refractivity contribution in [3.05, 3.63) is 0 Å². The second-order valence-electron chi connectivity index (χ2n) is 14.4. The SMILES string of the molecule is CC(N)CC(C)(C)OCC(C)C(C)(C)C(C)(C)OCCC(C)(C)C(C)(C)OCC(C)C(C)(C)N. The zero-order chi connectivity index (χ0) is 27.4. The molecule has 0 aromatic rings. The molecule has 3 unspecified atom stereocenters. The molecule has 206 valence electrons. The molecule has 0 aliphatic rings. The summed E-state index contributed by atoms with van der Waals surface area (Å²) in [5.74, 6) is 0.601. The summed E-state index contributed by atoms with van der Waals surface area (Å²) in [5.41, 5.74) is 11.1. The molecule has 0 heterocycles. The van der Waals surface area contributed by atoms with Gasteiger partial charge in [-0.25, -0.2) is 0 Å². The fraction of sp³-hybridized carbons (Fsp3) is 1.00. The number of hydrogen-bond donors (Lipinski definition) is 2. The van der Waals surface area contributed by atoms with E-state index >= 15 is 0 Å². The summed E-state index contributed by atoms with van der Waals surface area (Å²) in [6, 6.07) is 0.125. The highest BCUT2D eigenvalue weighted by Gasteiger charge is 2.44. The molecule has 0 bridgehead atoms. The van der Waals surface area contributed by atoms with E-state index in [9.17, 15) is 0 Å². The van der Waals surface area contributed by atoms with E-state index in [1.165, 1.54) is 0 Å². The first-order valence-electron chi connectivity index (χ1n) is 13.3. The Morgan fingerprint density at radius 3 is 1.56 bits per heavy atom. The predicted octanol–water partition coefficient (Wildman–Crippen LogP) is 6.56. The van der Waals surface area contributed by atoms with Crippen LogP contribution in [0.4, 0.5) is 0 Å². The summed E-state index contributed by atoms with van der Waals surface area (Å²) < 4.78 is 19.3. The lowest BCUT2D eigenvalue weighted by Crippen LogP contribution is -2.49. The van der Waals surface area contributed by atoms with Gasteiger partial charge in [-0.2, -0.15) is 0 Å². The minimum Gasteiger partial charge on any atom is -0.375 e. The highest BCUT2D eigenvalue weighted by Crippen LogP contribution is 2.43. The Morgan fingerprint density at radius 2 is 1.12 bits per heavy atom. The molecule has 0 aliphatic heterocycles. The quantitative estimate of drug-likeness (QED) is 0.258. The fourth-order valence-electron chi connectivity index (χ4n) is 3.78. The van der Waals surface area contributed by atoms with Crippen molar-refractivity contribution in [1.82, 2.24) is 0 Å². The van der Waals surface area contributed by atoms with Crippen molar-refractivity contribution >= 4 is 0 Å². The Bertz CT molecular complexity index is 601. The molecular formula is C29H62N2O3. The first-order chi connectivity index (χ1) is 14.9. The van der Waals surface area contributed by atoms with Crippen LogP contribution in [0.3, 0.4) is 0 Å². The molecule has 34 heavy (non-hydrogen) atoms. The maximum absolute atomic E-state index is 6.57. The normalized spacial score (nSPS) is 17.6. The van der Waals surface area contributed by atoms with Crippen LogP contribution in [0.2, 0.25) is 0 Å². The third-order valence-electron chi connectivity index (χ3n) is 9.11. The second-order valence-corrected chi connectivity index (χ2v) is 14.4. The van der Waals surface area contributed by atoms with Gasteiger partial charge in [0.2, 0.25) is 0 Å². The number of hydrogen-bond acceptors (Lipinski definition) is 5. The Labute approximate surface area is 213 Å². The average molecular weight is 487 g/mol. The van der Waals surface area contributed by atoms with Crippen LogP contribution in [0.5, 0.6) is 0 Å². The monoisotopic (exact) mass is 486 g/mol. The largest absolute Gasteiger partial charge is 0.375 e. The Hall–Kier alpha value is -0.200. The molecule has 5 heteroatoms. The predicted molar refractivity (Wildman–Crippen MR) is 147 cm³/mol. The van der Waals surface area contributed by atoms with Crippen LogP contribution < -0.4 is 11.5 Å². The summed E-state index contributed by atoms with van der Waals surface area (Å²) in [7, 11) is 0. The summed E-state index contributed by atoms with van der Waals surface area (Å²) in [5, 5.41) is 0. The summed E-state index contributed by atoms with van der Waals surface area (Å²) in [6.45, 7) is 34.7. The van der Waals surface area contributed by atoms with Crippen molar-refractivity contribution in [3.8, 4) is 0 Å². The maximum atomic E-state index is 6.57. The highest BCUT2D eigenvalue weighted by molar-refractivity contribution is 4.93. The number of rotatable bonds is 16. The van der Waals surface area contributed by atoms with Gasteiger partial charge < -0.3 is 25.7 Å². The Morgan fingerprint density at radius 1 is 0.647 bits per heavy atom. The number of nitrogens with two attached hydrogens (primary N) is 2. The van der Waals surface area contributed by atoms with E-state index < -0.39 is 0 Å². The molecule has 0 aromatic carbocycles. The van der Waals surface area contributed by atoms with Crippen LogP contribution in [0, 0.1) is 22.7 Å². The van der Waals surface area contributed by atoms with Crippen LogP contribution in [0.15, 0.2) is 0 Å². The minimum atomic E-state index is -0.305. The van der Waals surface area contributed by atoms with Gasteiger partial charge in [-0.05, 0) is 97.8 Å². The van der Waals surface area contributed by atoms with Gasteiger partial charge in [0.25, 0.3) is 0 Å². The van der Waals surface area contributed by atoms with Crippen LogP contribution in [-0.2, 0) is 14.2 Å². The van der Waals surface area contributed by atoms with Gasteiger partial charge in [0.15, 0.2) is 0 Å². The van der Waals surface area contributed by atoms with Crippen molar-refractivity contribution < 1.29 is 14.2 Å². The zero-order valence-electron chi connectivity index (χ0n) is 25.6. The Kier molecular flexibility index (Phi) is 11.8. The molecule has 0 amide bonds. The molecule has 0 aromatic heterocycles. The molecule has 4 N–H and O–H groups in total. The van der Waals surface area contributed by atoms with E-state index in [4.69, 9.17) is 25.7 Å². The summed E-state index contributed by atoms with van der Waals surface area (Å²) >= 11 is 0. The molecule has 0 saturated heterocycles. The van der Waals surface area contributed by atoms with Gasteiger partial charge >= 0.3 is 0 Å². The van der Waals surface area contributed by atoms with Crippen molar-refractivity contribution in [1.29, 1.82) is 0 Å². The molecule has 0 spiro atoms. The topological polar surface area (TPSA) is 79.7 Å². The average Bonchev–Trinajstić information content (AvgIpc) is 2.61. The maximum Gasteiger partial charge on any atom is 0.0680 e. The van der Waals surface area contributed by atoms with Gasteiger partial charge in [-0.15, -0.1) is 0 Å². The Balaban J connectivity index is 5.01. The van der Waals surface area contributed by atoms with E-state index in [0.717, 1.165) is 12.8 Å². The smallest absolute Gasteiger partial charge is 0.0680 e. The molecule has 0 aliphatic carbocycles. The third-order valence-corrected chi connectivity index (χ3v) is 9.11. The van der Waals surface area contributed by atoms with Gasteiger partial charge in [0, 0.05) is 18.2 Å². The lowest BCUT2D eigenvalue weighted by Gasteiger charge is -2.47. The van der Waals surface area contributed by atoms with Crippen molar-refractivity contribution in [2.45, 2.75) is 145 Å². The van der Waals surface area contributed by atoms with Crippen LogP contribution >= 0.6 is 0 Å². The molecular weight excluding hydrogens is 424 g/mol. The van der Waals surface area contributed by atoms with Gasteiger partial charge in [0.05, 0.1) is 30.0 Å². The van der Waals surface area contributed by atoms with Gasteiger partial charge in [-0.1, -0.05) is 41.5 Å². The van der Waals surface area contributed by atoms with E-state index in [-0.39, 0.29) is 45.1 Å². The highest BCUT2D eigenvalue weighted by atomic mass is 16.5. The molecule has 0 rings (SSSR count). The lowest BCUT2D eigenvalue weighted by molar-refractivity contribution is -0.158. The molecule has 0 saturated carbocycles. The van der Waals surface area contributed by atoms with E-state index in [1.807, 2.05) is 6.92 Å². The van der Waals surface area contributed by atoms with Gasteiger partial charge in [-0.3, -0.25) is 0 Å². The van der Waals surface area contributed by atoms with E-state index in [2.05, 4.69) is 96.9 Å². The number of ether oxygens (including phenoxy) is 3. The second kappa shape index (κ2) is 11.9. The fourth-order valence-corrected chi connectivity index (χ4v) is 3.78. The van der Waals surface area contributed by atoms with E-state index in [1.54, 1.807) is 0 Å². The molecule has 0 radical (unpaired) electrons. The molecule has 0 fully saturated rings. The third kappa shape index (κ3) is 10.0. The van der Waals surface area contributed by atoms with E-state index in [0.29, 0.717) is 25.7 Å².